The van der Waals surface area contributed by atoms with E-state index in [0.29, 0.717) is 6.61 Å². The fourth-order valence-corrected chi connectivity index (χ4v) is 0.741. The summed E-state index contributed by atoms with van der Waals surface area (Å²) < 4.78 is 4.93. The van der Waals surface area contributed by atoms with Crippen LogP contribution in [0.1, 0.15) is 5.56 Å². The number of benzene rings is 1. The molecule has 2 heteroatoms. The van der Waals surface area contributed by atoms with Gasteiger partial charge in [-0.1, -0.05) is 30.3 Å². The molecule has 0 saturated heterocycles. The molecule has 0 bridgehead atoms. The van der Waals surface area contributed by atoms with Gasteiger partial charge >= 0.3 is 0 Å². The van der Waals surface area contributed by atoms with E-state index in [4.69, 9.17) is 4.74 Å². The van der Waals surface area contributed by atoms with Gasteiger partial charge in [0.2, 0.25) is 0 Å². The molecule has 49 valence electrons. The predicted molar refractivity (Wildman–Crippen MR) is 42.9 cm³/mol. The molecule has 1 aromatic carbocycles. The molecule has 1 rings (SSSR count). The molecule has 0 spiro atoms. The van der Waals surface area contributed by atoms with E-state index in [0.717, 1.165) is 0 Å². The third-order valence-electron chi connectivity index (χ3n) is 1.15. The van der Waals surface area contributed by atoms with Gasteiger partial charge in [0.1, 0.15) is 0 Å². The molecular formula is C8H10LiO. The fraction of sp³-hybridized carbons (Fsp3) is 0.250. The molecule has 0 saturated carbocycles. The number of hydrogen-bond donors (Lipinski definition) is 0. The summed E-state index contributed by atoms with van der Waals surface area (Å²) in [7, 11) is 1.70. The van der Waals surface area contributed by atoms with Crippen LogP contribution in [0.25, 0.3) is 0 Å². The molecular weight excluding hydrogens is 119 g/mol. The maximum Gasteiger partial charge on any atom is 0.0713 e. The maximum absolute atomic E-state index is 4.93. The first kappa shape index (κ1) is 9.78. The van der Waals surface area contributed by atoms with Crippen LogP contribution in [-0.2, 0) is 11.3 Å². The first-order valence-electron chi connectivity index (χ1n) is 2.96. The molecule has 0 atom stereocenters. The molecule has 10 heavy (non-hydrogen) atoms. The summed E-state index contributed by atoms with van der Waals surface area (Å²) in [5.74, 6) is 0. The van der Waals surface area contributed by atoms with Crippen LogP contribution in [0.3, 0.4) is 0 Å². The Labute approximate surface area is 73.6 Å². The van der Waals surface area contributed by atoms with Crippen LogP contribution in [-0.4, -0.2) is 26.0 Å². The third-order valence-corrected chi connectivity index (χ3v) is 1.15. The molecule has 0 aliphatic rings. The van der Waals surface area contributed by atoms with E-state index >= 15 is 0 Å². The normalized spacial score (nSPS) is 8.50. The van der Waals surface area contributed by atoms with Crippen molar-refractivity contribution in [1.82, 2.24) is 0 Å². The van der Waals surface area contributed by atoms with Gasteiger partial charge in [0.25, 0.3) is 0 Å². The van der Waals surface area contributed by atoms with Gasteiger partial charge in [0.05, 0.1) is 6.61 Å². The molecule has 1 aromatic rings. The molecule has 1 radical (unpaired) electrons. The second-order valence-corrected chi connectivity index (χ2v) is 1.92. The van der Waals surface area contributed by atoms with Crippen LogP contribution in [0.4, 0.5) is 0 Å². The van der Waals surface area contributed by atoms with Gasteiger partial charge in [-0.25, -0.2) is 0 Å². The minimum atomic E-state index is 0. The number of hydrogen-bond acceptors (Lipinski definition) is 1. The van der Waals surface area contributed by atoms with Crippen molar-refractivity contribution < 1.29 is 4.74 Å². The SMILES string of the molecule is COCc1ccccc1.[Li]. The zero-order valence-corrected chi connectivity index (χ0v) is 6.50. The summed E-state index contributed by atoms with van der Waals surface area (Å²) in [6.07, 6.45) is 0. The Bertz CT molecular complexity index is 162. The van der Waals surface area contributed by atoms with Gasteiger partial charge in [-0.15, -0.1) is 0 Å². The average molecular weight is 129 g/mol. The van der Waals surface area contributed by atoms with Gasteiger partial charge in [0, 0.05) is 26.0 Å². The Morgan fingerprint density at radius 3 is 2.30 bits per heavy atom. The monoisotopic (exact) mass is 129 g/mol. The smallest absolute Gasteiger partial charge is 0.0713 e. The van der Waals surface area contributed by atoms with Crippen LogP contribution in [0.5, 0.6) is 0 Å². The molecule has 0 aromatic heterocycles. The first-order valence-corrected chi connectivity index (χ1v) is 2.96. The number of ether oxygens (including phenoxy) is 1. The number of rotatable bonds is 2. The predicted octanol–water partition coefficient (Wildman–Crippen LogP) is 1.45. The van der Waals surface area contributed by atoms with Gasteiger partial charge < -0.3 is 4.74 Å². The molecule has 0 fully saturated rings. The van der Waals surface area contributed by atoms with Crippen LogP contribution < -0.4 is 0 Å². The van der Waals surface area contributed by atoms with Crippen molar-refractivity contribution in [2.24, 2.45) is 0 Å². The van der Waals surface area contributed by atoms with Crippen molar-refractivity contribution in [1.29, 1.82) is 0 Å². The van der Waals surface area contributed by atoms with Crippen molar-refractivity contribution in [2.45, 2.75) is 6.61 Å². The summed E-state index contributed by atoms with van der Waals surface area (Å²) in [6, 6.07) is 10.1. The molecule has 0 unspecified atom stereocenters. The Morgan fingerprint density at radius 2 is 1.80 bits per heavy atom. The zero-order valence-electron chi connectivity index (χ0n) is 6.50. The second kappa shape index (κ2) is 5.55. The third kappa shape index (κ3) is 3.08. The van der Waals surface area contributed by atoms with Crippen LogP contribution in [0.2, 0.25) is 0 Å². The molecule has 1 nitrogen and oxygen atoms in total. The average Bonchev–Trinajstić information content (AvgIpc) is 1.91. The standard InChI is InChI=1S/C8H10O.Li/c1-9-7-8-5-3-2-4-6-8;/h2-6H,7H2,1H3;. The van der Waals surface area contributed by atoms with E-state index in [-0.39, 0.29) is 18.9 Å². The minimum Gasteiger partial charge on any atom is -0.380 e. The Balaban J connectivity index is 0.000000810. The van der Waals surface area contributed by atoms with Crippen molar-refractivity contribution in [3.8, 4) is 0 Å². The first-order chi connectivity index (χ1) is 4.43. The molecule has 0 heterocycles. The Kier molecular flexibility index (Phi) is 5.43. The van der Waals surface area contributed by atoms with Crippen LogP contribution in [0.15, 0.2) is 30.3 Å². The second-order valence-electron chi connectivity index (χ2n) is 1.92. The van der Waals surface area contributed by atoms with Crippen LogP contribution >= 0.6 is 0 Å². The van der Waals surface area contributed by atoms with E-state index in [2.05, 4.69) is 0 Å². The Hall–Kier alpha value is -0.223. The Morgan fingerprint density at radius 1 is 1.20 bits per heavy atom. The minimum absolute atomic E-state index is 0. The van der Waals surface area contributed by atoms with E-state index in [9.17, 15) is 0 Å². The van der Waals surface area contributed by atoms with Crippen molar-refractivity contribution in [3.05, 3.63) is 35.9 Å². The van der Waals surface area contributed by atoms with E-state index in [1.54, 1.807) is 7.11 Å². The quantitative estimate of drug-likeness (QED) is 0.549. The van der Waals surface area contributed by atoms with E-state index < -0.39 is 0 Å². The van der Waals surface area contributed by atoms with Gasteiger partial charge in [-0.2, -0.15) is 0 Å². The number of methoxy groups -OCH3 is 1. The topological polar surface area (TPSA) is 9.23 Å². The molecule has 0 aliphatic carbocycles. The van der Waals surface area contributed by atoms with Gasteiger partial charge in [-0.3, -0.25) is 0 Å². The fourth-order valence-electron chi connectivity index (χ4n) is 0.741. The maximum atomic E-state index is 4.93. The molecule has 0 amide bonds. The summed E-state index contributed by atoms with van der Waals surface area (Å²) in [4.78, 5) is 0. The van der Waals surface area contributed by atoms with E-state index in [1.807, 2.05) is 30.3 Å². The molecule has 0 N–H and O–H groups in total. The summed E-state index contributed by atoms with van der Waals surface area (Å²) in [5.41, 5.74) is 1.22. The largest absolute Gasteiger partial charge is 0.380 e. The van der Waals surface area contributed by atoms with Gasteiger partial charge in [0.15, 0.2) is 0 Å². The summed E-state index contributed by atoms with van der Waals surface area (Å²) in [6.45, 7) is 0.709. The van der Waals surface area contributed by atoms with Crippen LogP contribution in [0, 0.1) is 0 Å². The van der Waals surface area contributed by atoms with Crippen molar-refractivity contribution in [3.63, 3.8) is 0 Å². The van der Waals surface area contributed by atoms with Crippen molar-refractivity contribution in [2.75, 3.05) is 7.11 Å². The van der Waals surface area contributed by atoms with E-state index in [1.165, 1.54) is 5.56 Å². The zero-order chi connectivity index (χ0) is 6.53. The van der Waals surface area contributed by atoms with Crippen molar-refractivity contribution >= 4 is 18.9 Å². The molecule has 0 aliphatic heterocycles. The summed E-state index contributed by atoms with van der Waals surface area (Å²) >= 11 is 0. The summed E-state index contributed by atoms with van der Waals surface area (Å²) in [5, 5.41) is 0. The van der Waals surface area contributed by atoms with Gasteiger partial charge in [-0.05, 0) is 5.56 Å².